The summed E-state index contributed by atoms with van der Waals surface area (Å²) in [4.78, 5) is 11.3. The predicted molar refractivity (Wildman–Crippen MR) is 84.2 cm³/mol. The second kappa shape index (κ2) is 7.95. The molecule has 20 heavy (non-hydrogen) atoms. The lowest BCUT2D eigenvalue weighted by molar-refractivity contribution is -0.152. The van der Waals surface area contributed by atoms with Crippen molar-refractivity contribution in [1.82, 2.24) is 0 Å². The minimum atomic E-state index is -1.74. The van der Waals surface area contributed by atoms with Crippen molar-refractivity contribution in [3.05, 3.63) is 12.2 Å². The molecule has 0 aromatic heterocycles. The van der Waals surface area contributed by atoms with Crippen molar-refractivity contribution in [3.63, 3.8) is 0 Å². The molecule has 0 aliphatic rings. The molecule has 1 unspecified atom stereocenters. The highest BCUT2D eigenvalue weighted by Gasteiger charge is 2.36. The van der Waals surface area contributed by atoms with Crippen LogP contribution in [0.1, 0.15) is 40.5 Å². The van der Waals surface area contributed by atoms with Gasteiger partial charge in [-0.05, 0) is 31.5 Å². The van der Waals surface area contributed by atoms with Crippen molar-refractivity contribution in [3.8, 4) is 0 Å². The number of hydrogen-bond donors (Lipinski definition) is 1. The Balaban J connectivity index is 4.10. The maximum absolute atomic E-state index is 11.3. The summed E-state index contributed by atoms with van der Waals surface area (Å²) in [7, 11) is -1.74. The standard InChI is InChI=1S/C15H30O4Si/c1-8-18-14(17)13(16)11-12(2)9-10-19-20(6,7)15(3,4)5/h13,16H,2,8-11H2,1,3-7H3. The van der Waals surface area contributed by atoms with E-state index < -0.39 is 20.4 Å². The fourth-order valence-corrected chi connectivity index (χ4v) is 2.41. The number of rotatable bonds is 8. The number of carbonyl (C=O) groups is 1. The van der Waals surface area contributed by atoms with Gasteiger partial charge in [-0.1, -0.05) is 32.9 Å². The van der Waals surface area contributed by atoms with Crippen molar-refractivity contribution in [1.29, 1.82) is 0 Å². The molecule has 0 saturated heterocycles. The van der Waals surface area contributed by atoms with Crippen LogP contribution in [0.2, 0.25) is 18.1 Å². The minimum absolute atomic E-state index is 0.179. The van der Waals surface area contributed by atoms with Crippen molar-refractivity contribution in [2.45, 2.75) is 64.8 Å². The summed E-state index contributed by atoms with van der Waals surface area (Å²) in [5, 5.41) is 9.82. The summed E-state index contributed by atoms with van der Waals surface area (Å²) < 4.78 is 10.8. The molecule has 0 aromatic carbocycles. The molecule has 0 bridgehead atoms. The number of aliphatic hydroxyl groups is 1. The molecule has 0 radical (unpaired) electrons. The van der Waals surface area contributed by atoms with E-state index in [0.717, 1.165) is 5.57 Å². The van der Waals surface area contributed by atoms with E-state index in [1.54, 1.807) is 6.92 Å². The van der Waals surface area contributed by atoms with Crippen molar-refractivity contribution < 1.29 is 19.1 Å². The number of hydrogen-bond acceptors (Lipinski definition) is 4. The van der Waals surface area contributed by atoms with Gasteiger partial charge in [-0.2, -0.15) is 0 Å². The molecule has 1 atom stereocenters. The third-order valence-electron chi connectivity index (χ3n) is 3.77. The quantitative estimate of drug-likeness (QED) is 0.425. The van der Waals surface area contributed by atoms with E-state index in [1.807, 2.05) is 0 Å². The second-order valence-corrected chi connectivity index (χ2v) is 11.4. The predicted octanol–water partition coefficient (Wildman–Crippen LogP) is 3.27. The van der Waals surface area contributed by atoms with Crippen LogP contribution >= 0.6 is 0 Å². The van der Waals surface area contributed by atoms with Crippen LogP contribution < -0.4 is 0 Å². The van der Waals surface area contributed by atoms with E-state index in [1.165, 1.54) is 0 Å². The first-order valence-electron chi connectivity index (χ1n) is 7.16. The summed E-state index contributed by atoms with van der Waals surface area (Å²) in [6.45, 7) is 17.4. The fourth-order valence-electron chi connectivity index (χ4n) is 1.36. The van der Waals surface area contributed by atoms with Gasteiger partial charge in [0.2, 0.25) is 0 Å². The Bertz CT molecular complexity index is 331. The lowest BCUT2D eigenvalue weighted by atomic mass is 10.1. The average molecular weight is 302 g/mol. The number of esters is 1. The Morgan fingerprint density at radius 2 is 1.90 bits per heavy atom. The molecule has 4 nitrogen and oxygen atoms in total. The smallest absolute Gasteiger partial charge is 0.335 e. The molecular formula is C15H30O4Si. The van der Waals surface area contributed by atoms with Crippen molar-refractivity contribution in [2.75, 3.05) is 13.2 Å². The highest BCUT2D eigenvalue weighted by Crippen LogP contribution is 2.36. The highest BCUT2D eigenvalue weighted by molar-refractivity contribution is 6.74. The first-order valence-corrected chi connectivity index (χ1v) is 10.1. The average Bonchev–Trinajstić information content (AvgIpc) is 2.27. The van der Waals surface area contributed by atoms with Crippen LogP contribution in [0.4, 0.5) is 0 Å². The lowest BCUT2D eigenvalue weighted by Gasteiger charge is -2.36. The molecule has 0 spiro atoms. The molecule has 0 saturated carbocycles. The largest absolute Gasteiger partial charge is 0.464 e. The maximum Gasteiger partial charge on any atom is 0.335 e. The third kappa shape index (κ3) is 6.68. The third-order valence-corrected chi connectivity index (χ3v) is 8.30. The number of carbonyl (C=O) groups excluding carboxylic acids is 1. The van der Waals surface area contributed by atoms with Crippen LogP contribution in [-0.2, 0) is 14.0 Å². The van der Waals surface area contributed by atoms with Crippen LogP contribution in [-0.4, -0.2) is 38.7 Å². The Morgan fingerprint density at radius 3 is 2.35 bits per heavy atom. The molecule has 0 rings (SSSR count). The van der Waals surface area contributed by atoms with Gasteiger partial charge < -0.3 is 14.3 Å². The Labute approximate surface area is 124 Å². The van der Waals surface area contributed by atoms with E-state index >= 15 is 0 Å². The zero-order valence-corrected chi connectivity index (χ0v) is 14.8. The fraction of sp³-hybridized carbons (Fsp3) is 0.800. The molecule has 118 valence electrons. The maximum atomic E-state index is 11.3. The monoisotopic (exact) mass is 302 g/mol. The Morgan fingerprint density at radius 1 is 1.35 bits per heavy atom. The zero-order valence-electron chi connectivity index (χ0n) is 13.8. The SMILES string of the molecule is C=C(CCO[Si](C)(C)C(C)(C)C)CC(O)C(=O)OCC. The van der Waals surface area contributed by atoms with E-state index in [-0.39, 0.29) is 18.1 Å². The van der Waals surface area contributed by atoms with Crippen LogP contribution in [0.25, 0.3) is 0 Å². The van der Waals surface area contributed by atoms with E-state index in [4.69, 9.17) is 9.16 Å². The van der Waals surface area contributed by atoms with E-state index in [9.17, 15) is 9.90 Å². The van der Waals surface area contributed by atoms with Gasteiger partial charge in [0.05, 0.1) is 6.61 Å². The van der Waals surface area contributed by atoms with Gasteiger partial charge in [-0.25, -0.2) is 4.79 Å². The second-order valence-electron chi connectivity index (χ2n) is 6.58. The van der Waals surface area contributed by atoms with Gasteiger partial charge in [0.25, 0.3) is 0 Å². The van der Waals surface area contributed by atoms with Gasteiger partial charge in [0.15, 0.2) is 14.4 Å². The minimum Gasteiger partial charge on any atom is -0.464 e. The number of aliphatic hydroxyl groups excluding tert-OH is 1. The molecule has 1 N–H and O–H groups in total. The molecule has 0 aromatic rings. The van der Waals surface area contributed by atoms with Crippen LogP contribution in [0.5, 0.6) is 0 Å². The van der Waals surface area contributed by atoms with Gasteiger partial charge >= 0.3 is 5.97 Å². The molecular weight excluding hydrogens is 272 g/mol. The Kier molecular flexibility index (Phi) is 7.69. The number of ether oxygens (including phenoxy) is 1. The summed E-state index contributed by atoms with van der Waals surface area (Å²) >= 11 is 0. The van der Waals surface area contributed by atoms with Crippen molar-refractivity contribution in [2.24, 2.45) is 0 Å². The first-order chi connectivity index (χ1) is 9.01. The van der Waals surface area contributed by atoms with Gasteiger partial charge in [-0.15, -0.1) is 0 Å². The first kappa shape index (κ1) is 19.3. The van der Waals surface area contributed by atoms with Crippen molar-refractivity contribution >= 4 is 14.3 Å². The van der Waals surface area contributed by atoms with Crippen LogP contribution in [0, 0.1) is 0 Å². The molecule has 0 aliphatic carbocycles. The van der Waals surface area contributed by atoms with Crippen LogP contribution in [0.15, 0.2) is 12.2 Å². The molecule has 0 heterocycles. The normalized spacial score (nSPS) is 13.9. The van der Waals surface area contributed by atoms with Gasteiger partial charge in [0, 0.05) is 13.0 Å². The highest BCUT2D eigenvalue weighted by atomic mass is 28.4. The van der Waals surface area contributed by atoms with E-state index in [0.29, 0.717) is 13.0 Å². The topological polar surface area (TPSA) is 55.8 Å². The van der Waals surface area contributed by atoms with Crippen LogP contribution in [0.3, 0.4) is 0 Å². The summed E-state index contributed by atoms with van der Waals surface area (Å²) in [6.07, 6.45) is -0.224. The molecule has 0 amide bonds. The molecule has 0 fully saturated rings. The van der Waals surface area contributed by atoms with Gasteiger partial charge in [0.1, 0.15) is 0 Å². The lowest BCUT2D eigenvalue weighted by Crippen LogP contribution is -2.41. The molecule has 5 heteroatoms. The summed E-state index contributed by atoms with van der Waals surface area (Å²) in [5.41, 5.74) is 0.810. The summed E-state index contributed by atoms with van der Waals surface area (Å²) in [5.74, 6) is -0.584. The van der Waals surface area contributed by atoms with E-state index in [2.05, 4.69) is 40.4 Å². The zero-order chi connectivity index (χ0) is 16.0. The van der Waals surface area contributed by atoms with Gasteiger partial charge in [-0.3, -0.25) is 0 Å². The Hall–Kier alpha value is -0.653. The summed E-state index contributed by atoms with van der Waals surface area (Å²) in [6, 6.07) is 0. The molecule has 0 aliphatic heterocycles.